The molecule has 0 aliphatic carbocycles. The van der Waals surface area contributed by atoms with Gasteiger partial charge in [-0.05, 0) is 23.4 Å². The Morgan fingerprint density at radius 3 is 2.68 bits per heavy atom. The van der Waals surface area contributed by atoms with E-state index >= 15 is 0 Å². The lowest BCUT2D eigenvalue weighted by molar-refractivity contribution is 0.0697. The first-order chi connectivity index (χ1) is 9.06. The fourth-order valence-corrected chi connectivity index (χ4v) is 1.61. The number of carboxylic acid groups (broad SMARTS) is 1. The maximum atomic E-state index is 11.6. The zero-order valence-electron chi connectivity index (χ0n) is 9.19. The highest BCUT2D eigenvalue weighted by molar-refractivity contribution is 7.09. The Labute approximate surface area is 110 Å². The number of aromatic hydroxyl groups is 1. The Balaban J connectivity index is 2.14. The van der Waals surface area contributed by atoms with E-state index in [1.807, 2.05) is 0 Å². The summed E-state index contributed by atoms with van der Waals surface area (Å²) in [5.41, 5.74) is -0.189. The molecule has 0 atom stereocenters. The van der Waals surface area contributed by atoms with Crippen molar-refractivity contribution in [1.29, 1.82) is 0 Å². The van der Waals surface area contributed by atoms with Crippen molar-refractivity contribution in [3.05, 3.63) is 23.8 Å². The minimum atomic E-state index is -1.27. The van der Waals surface area contributed by atoms with Crippen LogP contribution >= 0.6 is 11.5 Å². The molecule has 0 spiro atoms. The van der Waals surface area contributed by atoms with Crippen LogP contribution in [0.15, 0.2) is 18.2 Å². The van der Waals surface area contributed by atoms with Crippen molar-refractivity contribution in [2.75, 3.05) is 10.6 Å². The summed E-state index contributed by atoms with van der Waals surface area (Å²) in [5, 5.41) is 29.8. The summed E-state index contributed by atoms with van der Waals surface area (Å²) in [6.07, 6.45) is 0. The first kappa shape index (κ1) is 12.7. The summed E-state index contributed by atoms with van der Waals surface area (Å²) >= 11 is 0.874. The molecule has 0 radical (unpaired) electrons. The zero-order valence-corrected chi connectivity index (χ0v) is 10.0. The fraction of sp³-hybridized carbons (Fsp3) is 0. The van der Waals surface area contributed by atoms with Gasteiger partial charge < -0.3 is 15.5 Å². The number of hydrogen-bond donors (Lipinski definition) is 4. The topological polar surface area (TPSA) is 137 Å². The van der Waals surface area contributed by atoms with Gasteiger partial charge in [0.2, 0.25) is 5.13 Å². The highest BCUT2D eigenvalue weighted by Crippen LogP contribution is 2.21. The molecule has 0 bridgehead atoms. The number of urea groups is 1. The van der Waals surface area contributed by atoms with Gasteiger partial charge in [-0.3, -0.25) is 5.32 Å². The maximum absolute atomic E-state index is 11.6. The number of amides is 2. The molecule has 2 rings (SSSR count). The van der Waals surface area contributed by atoms with Crippen LogP contribution < -0.4 is 10.6 Å². The summed E-state index contributed by atoms with van der Waals surface area (Å²) in [6.45, 7) is 0. The van der Waals surface area contributed by atoms with E-state index in [9.17, 15) is 14.7 Å². The SMILES string of the molecule is O=C(Nc1nnns1)Nc1ccc(O)cc1C(=O)O. The van der Waals surface area contributed by atoms with Gasteiger partial charge in [-0.25, -0.2) is 9.59 Å². The molecule has 4 N–H and O–H groups in total. The largest absolute Gasteiger partial charge is 0.508 e. The highest BCUT2D eigenvalue weighted by atomic mass is 32.1. The monoisotopic (exact) mass is 281 g/mol. The van der Waals surface area contributed by atoms with Crippen LogP contribution in [0.1, 0.15) is 10.4 Å². The van der Waals surface area contributed by atoms with Crippen molar-refractivity contribution in [2.24, 2.45) is 0 Å². The molecule has 1 aromatic heterocycles. The van der Waals surface area contributed by atoms with Gasteiger partial charge in [0, 0.05) is 11.5 Å². The Morgan fingerprint density at radius 1 is 1.26 bits per heavy atom. The normalized spacial score (nSPS) is 9.89. The number of benzene rings is 1. The average Bonchev–Trinajstić information content (AvgIpc) is 2.83. The Morgan fingerprint density at radius 2 is 2.05 bits per heavy atom. The van der Waals surface area contributed by atoms with Crippen LogP contribution in [0.5, 0.6) is 5.75 Å². The zero-order chi connectivity index (χ0) is 13.8. The van der Waals surface area contributed by atoms with Crippen molar-refractivity contribution in [1.82, 2.24) is 14.8 Å². The van der Waals surface area contributed by atoms with Crippen molar-refractivity contribution >= 4 is 34.4 Å². The molecule has 19 heavy (non-hydrogen) atoms. The smallest absolute Gasteiger partial charge is 0.337 e. The number of anilines is 2. The lowest BCUT2D eigenvalue weighted by Gasteiger charge is -2.08. The molecular weight excluding hydrogens is 274 g/mol. The van der Waals surface area contributed by atoms with E-state index in [1.54, 1.807) is 0 Å². The molecule has 2 aromatic rings. The predicted molar refractivity (Wildman–Crippen MR) is 65.4 cm³/mol. The number of carbonyl (C=O) groups is 2. The number of nitrogens with zero attached hydrogens (tertiary/aromatic N) is 3. The fourth-order valence-electron chi connectivity index (χ4n) is 1.25. The van der Waals surface area contributed by atoms with Gasteiger partial charge in [0.15, 0.2) is 0 Å². The molecule has 98 valence electrons. The first-order valence-corrected chi connectivity index (χ1v) is 5.63. The number of rotatable bonds is 3. The van der Waals surface area contributed by atoms with E-state index in [0.29, 0.717) is 0 Å². The summed E-state index contributed by atoms with van der Waals surface area (Å²) in [7, 11) is 0. The summed E-state index contributed by atoms with van der Waals surface area (Å²) in [4.78, 5) is 22.5. The second-order valence-corrected chi connectivity index (χ2v) is 4.01. The van der Waals surface area contributed by atoms with Crippen molar-refractivity contribution < 1.29 is 19.8 Å². The van der Waals surface area contributed by atoms with Gasteiger partial charge in [-0.15, -0.1) is 0 Å². The molecule has 9 nitrogen and oxygen atoms in total. The van der Waals surface area contributed by atoms with Gasteiger partial charge in [-0.1, -0.05) is 9.59 Å². The van der Waals surface area contributed by atoms with Crippen LogP contribution in [0.3, 0.4) is 0 Å². The van der Waals surface area contributed by atoms with Crippen LogP contribution in [0.25, 0.3) is 0 Å². The van der Waals surface area contributed by atoms with Gasteiger partial charge in [0.05, 0.1) is 11.3 Å². The van der Waals surface area contributed by atoms with Gasteiger partial charge >= 0.3 is 12.0 Å². The molecule has 0 aliphatic rings. The van der Waals surface area contributed by atoms with Crippen molar-refractivity contribution in [3.63, 3.8) is 0 Å². The third kappa shape index (κ3) is 3.13. The second kappa shape index (κ2) is 5.27. The number of phenols is 1. The van der Waals surface area contributed by atoms with Crippen molar-refractivity contribution in [2.45, 2.75) is 0 Å². The number of nitrogens with one attached hydrogen (secondary N) is 2. The molecule has 1 heterocycles. The number of phenolic OH excluding ortho intramolecular Hbond substituents is 1. The molecule has 10 heteroatoms. The first-order valence-electron chi connectivity index (χ1n) is 4.85. The van der Waals surface area contributed by atoms with E-state index in [4.69, 9.17) is 5.11 Å². The number of carbonyl (C=O) groups excluding carboxylic acids is 1. The molecule has 0 unspecified atom stereocenters. The highest BCUT2D eigenvalue weighted by Gasteiger charge is 2.14. The van der Waals surface area contributed by atoms with Gasteiger partial charge in [-0.2, -0.15) is 0 Å². The molecule has 0 aliphatic heterocycles. The standard InChI is InChI=1S/C9H7N5O4S/c15-4-1-2-6(5(3-4)7(16)17)10-8(18)11-9-12-13-14-19-9/h1-3,15H,(H,16,17)(H2,10,11,12,14,18). The third-order valence-corrected chi connectivity index (χ3v) is 2.51. The second-order valence-electron chi connectivity index (χ2n) is 3.28. The molecule has 0 fully saturated rings. The van der Waals surface area contributed by atoms with Crippen LogP contribution in [-0.2, 0) is 0 Å². The Hall–Kier alpha value is -2.75. The summed E-state index contributed by atoms with van der Waals surface area (Å²) in [5.74, 6) is -1.49. The number of aromatic nitrogens is 3. The van der Waals surface area contributed by atoms with E-state index < -0.39 is 12.0 Å². The molecule has 0 saturated heterocycles. The van der Waals surface area contributed by atoms with E-state index in [2.05, 4.69) is 25.4 Å². The summed E-state index contributed by atoms with van der Waals surface area (Å²) < 4.78 is 3.45. The number of carboxylic acids is 1. The quantitative estimate of drug-likeness (QED) is 0.615. The predicted octanol–water partition coefficient (Wildman–Crippen LogP) is 0.981. The molecular formula is C9H7N5O4S. The van der Waals surface area contributed by atoms with Gasteiger partial charge in [0.25, 0.3) is 0 Å². The van der Waals surface area contributed by atoms with Gasteiger partial charge in [0.1, 0.15) is 5.75 Å². The van der Waals surface area contributed by atoms with E-state index in [0.717, 1.165) is 17.6 Å². The minimum Gasteiger partial charge on any atom is -0.508 e. The molecule has 2 amide bonds. The molecule has 0 saturated carbocycles. The Bertz CT molecular complexity index is 615. The Kier molecular flexibility index (Phi) is 3.52. The lowest BCUT2D eigenvalue weighted by Crippen LogP contribution is -2.20. The van der Waals surface area contributed by atoms with Crippen molar-refractivity contribution in [3.8, 4) is 5.75 Å². The third-order valence-electron chi connectivity index (χ3n) is 2.00. The maximum Gasteiger partial charge on any atom is 0.337 e. The van der Waals surface area contributed by atoms with Crippen LogP contribution in [0.2, 0.25) is 0 Å². The number of aromatic carboxylic acids is 1. The van der Waals surface area contributed by atoms with Crippen LogP contribution in [-0.4, -0.2) is 37.0 Å². The lowest BCUT2D eigenvalue weighted by atomic mass is 10.1. The number of hydrogen-bond acceptors (Lipinski definition) is 7. The van der Waals surface area contributed by atoms with Crippen LogP contribution in [0, 0.1) is 0 Å². The van der Waals surface area contributed by atoms with Crippen LogP contribution in [0.4, 0.5) is 15.6 Å². The van der Waals surface area contributed by atoms with E-state index in [-0.39, 0.29) is 22.1 Å². The minimum absolute atomic E-state index is 0.0419. The molecule has 1 aromatic carbocycles. The summed E-state index contributed by atoms with van der Waals surface area (Å²) in [6, 6.07) is 2.88. The average molecular weight is 281 g/mol. The van der Waals surface area contributed by atoms with E-state index in [1.165, 1.54) is 12.1 Å².